The van der Waals surface area contributed by atoms with E-state index in [1.807, 2.05) is 42.5 Å². The second-order valence-electron chi connectivity index (χ2n) is 8.17. The summed E-state index contributed by atoms with van der Waals surface area (Å²) in [5.41, 5.74) is 1.70. The lowest BCUT2D eigenvalue weighted by Crippen LogP contribution is -2.54. The fourth-order valence-electron chi connectivity index (χ4n) is 4.09. The second-order valence-corrected chi connectivity index (χ2v) is 8.96. The third-order valence-corrected chi connectivity index (χ3v) is 6.57. The van der Waals surface area contributed by atoms with Gasteiger partial charge in [0.15, 0.2) is 0 Å². The first-order valence-corrected chi connectivity index (χ1v) is 11.9. The number of rotatable bonds is 5. The first-order valence-electron chi connectivity index (χ1n) is 11.1. The molecule has 2 heterocycles. The molecule has 1 fully saturated rings. The maximum absolute atomic E-state index is 13.3. The van der Waals surface area contributed by atoms with Crippen LogP contribution in [0, 0.1) is 0 Å². The molecule has 0 radical (unpaired) electrons. The molecule has 2 N–H and O–H groups in total. The molecule has 5 amide bonds. The Bertz CT molecular complexity index is 1610. The molecule has 8 nitrogen and oxygen atoms in total. The van der Waals surface area contributed by atoms with Crippen LogP contribution in [0.2, 0.25) is 10.0 Å². The summed E-state index contributed by atoms with van der Waals surface area (Å²) >= 11 is 12.3. The van der Waals surface area contributed by atoms with E-state index in [1.165, 1.54) is 24.3 Å². The number of hydrogen-bond acceptors (Lipinski definition) is 4. The molecule has 1 aliphatic rings. The molecule has 5 rings (SSSR count). The van der Waals surface area contributed by atoms with E-state index in [0.717, 1.165) is 10.4 Å². The number of imide groups is 2. The Morgan fingerprint density at radius 1 is 0.919 bits per heavy atom. The Morgan fingerprint density at radius 3 is 2.43 bits per heavy atom. The standard InChI is InChI=1S/C27H18Cl2N4O4/c28-20-10-6-12-22(24(20)29)33-26(36)19(25(35)31-27(33)37)13-16-14-32(21-11-5-4-9-18(16)21)15-23(34)30-17-7-2-1-3-8-17/h1-14H,15H2,(H,30,34)(H,31,35,37)/b19-13-. The molecule has 0 bridgehead atoms. The lowest BCUT2D eigenvalue weighted by molar-refractivity contribution is -0.122. The number of halogens is 2. The summed E-state index contributed by atoms with van der Waals surface area (Å²) in [5.74, 6) is -1.94. The highest BCUT2D eigenvalue weighted by Crippen LogP contribution is 2.34. The van der Waals surface area contributed by atoms with E-state index in [9.17, 15) is 19.2 Å². The zero-order chi connectivity index (χ0) is 26.1. The zero-order valence-corrected chi connectivity index (χ0v) is 20.6. The van der Waals surface area contributed by atoms with Crippen molar-refractivity contribution in [3.8, 4) is 0 Å². The molecule has 10 heteroatoms. The van der Waals surface area contributed by atoms with E-state index in [-0.39, 0.29) is 33.8 Å². The average molecular weight is 533 g/mol. The second kappa shape index (κ2) is 9.93. The lowest BCUT2D eigenvalue weighted by atomic mass is 10.1. The molecule has 0 spiro atoms. The van der Waals surface area contributed by atoms with E-state index in [4.69, 9.17) is 23.2 Å². The Balaban J connectivity index is 1.51. The normalized spacial score (nSPS) is 14.8. The van der Waals surface area contributed by atoms with Crippen LogP contribution in [0.15, 0.2) is 84.6 Å². The van der Waals surface area contributed by atoms with Crippen LogP contribution in [0.3, 0.4) is 0 Å². The molecule has 0 atom stereocenters. The zero-order valence-electron chi connectivity index (χ0n) is 19.1. The van der Waals surface area contributed by atoms with Gasteiger partial charge in [0, 0.05) is 28.4 Å². The van der Waals surface area contributed by atoms with Crippen LogP contribution in [-0.4, -0.2) is 28.3 Å². The number of urea groups is 1. The highest BCUT2D eigenvalue weighted by atomic mass is 35.5. The maximum Gasteiger partial charge on any atom is 0.336 e. The summed E-state index contributed by atoms with van der Waals surface area (Å²) in [4.78, 5) is 52.1. The Kier molecular flexibility index (Phi) is 6.52. The van der Waals surface area contributed by atoms with Gasteiger partial charge in [-0.05, 0) is 36.4 Å². The number of barbiturate groups is 1. The van der Waals surface area contributed by atoms with Crippen LogP contribution in [0.5, 0.6) is 0 Å². The van der Waals surface area contributed by atoms with Crippen molar-refractivity contribution in [3.05, 3.63) is 100 Å². The molecule has 4 aromatic rings. The minimum atomic E-state index is -0.934. The van der Waals surface area contributed by atoms with E-state index in [1.54, 1.807) is 22.9 Å². The number of carbonyl (C=O) groups excluding carboxylic acids is 4. The number of para-hydroxylation sites is 2. The maximum atomic E-state index is 13.3. The monoisotopic (exact) mass is 532 g/mol. The third kappa shape index (κ3) is 4.72. The van der Waals surface area contributed by atoms with Crippen LogP contribution < -0.4 is 15.5 Å². The molecule has 1 saturated heterocycles. The number of hydrogen-bond donors (Lipinski definition) is 2. The van der Waals surface area contributed by atoms with Crippen molar-refractivity contribution in [3.63, 3.8) is 0 Å². The van der Waals surface area contributed by atoms with Crippen molar-refractivity contribution < 1.29 is 19.2 Å². The van der Waals surface area contributed by atoms with Gasteiger partial charge in [-0.2, -0.15) is 0 Å². The topological polar surface area (TPSA) is 101 Å². The van der Waals surface area contributed by atoms with Crippen LogP contribution in [0.4, 0.5) is 16.2 Å². The van der Waals surface area contributed by atoms with Crippen molar-refractivity contribution in [1.29, 1.82) is 0 Å². The summed E-state index contributed by atoms with van der Waals surface area (Å²) in [6, 6.07) is 19.9. The predicted octanol–water partition coefficient (Wildman–Crippen LogP) is 5.25. The molecule has 3 aromatic carbocycles. The Hall–Kier alpha value is -4.40. The van der Waals surface area contributed by atoms with Crippen LogP contribution in [0.1, 0.15) is 5.56 Å². The molecule has 184 valence electrons. The van der Waals surface area contributed by atoms with Gasteiger partial charge in [0.2, 0.25) is 5.91 Å². The largest absolute Gasteiger partial charge is 0.337 e. The number of nitrogens with one attached hydrogen (secondary N) is 2. The van der Waals surface area contributed by atoms with E-state index >= 15 is 0 Å². The Labute approximate surface area is 221 Å². The number of anilines is 2. The third-order valence-electron chi connectivity index (χ3n) is 5.76. The number of amides is 5. The number of aromatic nitrogens is 1. The number of benzene rings is 3. The van der Waals surface area contributed by atoms with Crippen molar-refractivity contribution in [1.82, 2.24) is 9.88 Å². The quantitative estimate of drug-likeness (QED) is 0.270. The van der Waals surface area contributed by atoms with E-state index in [2.05, 4.69) is 10.6 Å². The van der Waals surface area contributed by atoms with Gasteiger partial charge in [-0.15, -0.1) is 0 Å². The highest BCUT2D eigenvalue weighted by molar-refractivity contribution is 6.46. The summed E-state index contributed by atoms with van der Waals surface area (Å²) in [5, 5.41) is 5.88. The molecule has 1 aromatic heterocycles. The number of carbonyl (C=O) groups is 4. The van der Waals surface area contributed by atoms with Gasteiger partial charge in [0.1, 0.15) is 12.1 Å². The van der Waals surface area contributed by atoms with Crippen molar-refractivity contribution >= 4 is 75.3 Å². The van der Waals surface area contributed by atoms with Crippen molar-refractivity contribution in [2.75, 3.05) is 10.2 Å². The van der Waals surface area contributed by atoms with Crippen molar-refractivity contribution in [2.45, 2.75) is 6.54 Å². The number of fused-ring (bicyclic) bond motifs is 1. The average Bonchev–Trinajstić information content (AvgIpc) is 3.21. The van der Waals surface area contributed by atoms with E-state index < -0.39 is 17.8 Å². The lowest BCUT2D eigenvalue weighted by Gasteiger charge is -2.27. The van der Waals surface area contributed by atoms with Crippen molar-refractivity contribution in [2.24, 2.45) is 0 Å². The number of nitrogens with zero attached hydrogens (tertiary/aromatic N) is 2. The van der Waals surface area contributed by atoms with Gasteiger partial charge >= 0.3 is 6.03 Å². The summed E-state index contributed by atoms with van der Waals surface area (Å²) in [6.45, 7) is 0.00145. The van der Waals surface area contributed by atoms with E-state index in [0.29, 0.717) is 16.6 Å². The van der Waals surface area contributed by atoms with Gasteiger partial charge in [-0.1, -0.05) is 65.7 Å². The first kappa shape index (κ1) is 24.3. The summed E-state index contributed by atoms with van der Waals surface area (Å²) < 4.78 is 1.72. The molecule has 0 saturated carbocycles. The molecule has 37 heavy (non-hydrogen) atoms. The molecule has 1 aliphatic heterocycles. The highest BCUT2D eigenvalue weighted by Gasteiger charge is 2.38. The first-order chi connectivity index (χ1) is 17.8. The minimum absolute atomic E-state index is 0.00145. The SMILES string of the molecule is O=C(Cn1cc(/C=C2/C(=O)NC(=O)N(c3cccc(Cl)c3Cl)C2=O)c2ccccc21)Nc1ccccc1. The molecular weight excluding hydrogens is 515 g/mol. The van der Waals surface area contributed by atoms with Gasteiger partial charge in [-0.3, -0.25) is 19.7 Å². The fourth-order valence-corrected chi connectivity index (χ4v) is 4.47. The predicted molar refractivity (Wildman–Crippen MR) is 142 cm³/mol. The van der Waals surface area contributed by atoms with Gasteiger partial charge in [0.25, 0.3) is 11.8 Å². The molecule has 0 unspecified atom stereocenters. The fraction of sp³-hybridized carbons (Fsp3) is 0.0370. The minimum Gasteiger partial charge on any atom is -0.337 e. The van der Waals surface area contributed by atoms with Gasteiger partial charge in [0.05, 0.1) is 15.7 Å². The molecular formula is C27H18Cl2N4O4. The van der Waals surface area contributed by atoms with Gasteiger partial charge in [-0.25, -0.2) is 9.69 Å². The van der Waals surface area contributed by atoms with Crippen LogP contribution >= 0.6 is 23.2 Å². The van der Waals surface area contributed by atoms with Gasteiger partial charge < -0.3 is 9.88 Å². The van der Waals surface area contributed by atoms with Crippen LogP contribution in [-0.2, 0) is 20.9 Å². The van der Waals surface area contributed by atoms with Crippen LogP contribution in [0.25, 0.3) is 17.0 Å². The Morgan fingerprint density at radius 2 is 1.65 bits per heavy atom. The smallest absolute Gasteiger partial charge is 0.336 e. The summed E-state index contributed by atoms with van der Waals surface area (Å²) in [6.07, 6.45) is 3.07. The molecule has 0 aliphatic carbocycles. The summed E-state index contributed by atoms with van der Waals surface area (Å²) in [7, 11) is 0.